The van der Waals surface area contributed by atoms with Gasteiger partial charge >= 0.3 is 0 Å². The molecule has 7 heteroatoms. The predicted molar refractivity (Wildman–Crippen MR) is 81.0 cm³/mol. The Bertz CT molecular complexity index is 739. The molecule has 0 aromatic heterocycles. The number of sulfone groups is 1. The zero-order chi connectivity index (χ0) is 16.1. The Hall–Kier alpha value is -1.76. The van der Waals surface area contributed by atoms with Crippen LogP contribution in [0.3, 0.4) is 0 Å². The molecular weight excluding hydrogens is 306 g/mol. The van der Waals surface area contributed by atoms with Gasteiger partial charge in [-0.15, -0.1) is 0 Å². The highest BCUT2D eigenvalue weighted by Crippen LogP contribution is 2.43. The van der Waals surface area contributed by atoms with E-state index in [1.54, 1.807) is 12.1 Å². The molecule has 0 aliphatic carbocycles. The third kappa shape index (κ3) is 2.77. The van der Waals surface area contributed by atoms with Crippen molar-refractivity contribution in [1.82, 2.24) is 5.32 Å². The minimum absolute atomic E-state index is 0.0476. The molecule has 2 aliphatic heterocycles. The van der Waals surface area contributed by atoms with Crippen LogP contribution < -0.4 is 10.1 Å². The maximum Gasteiger partial charge on any atom is 0.255 e. The highest BCUT2D eigenvalue weighted by molar-refractivity contribution is 7.91. The first-order valence-corrected chi connectivity index (χ1v) is 9.04. The Morgan fingerprint density at radius 2 is 2.14 bits per heavy atom. The summed E-state index contributed by atoms with van der Waals surface area (Å²) in [5, 5.41) is 13.0. The fourth-order valence-corrected chi connectivity index (χ4v) is 4.67. The molecule has 0 saturated carbocycles. The van der Waals surface area contributed by atoms with Crippen LogP contribution in [-0.2, 0) is 16.3 Å². The van der Waals surface area contributed by atoms with E-state index in [1.165, 1.54) is 0 Å². The third-order valence-electron chi connectivity index (χ3n) is 4.02. The molecule has 6 nitrogen and oxygen atoms in total. The van der Waals surface area contributed by atoms with E-state index < -0.39 is 27.4 Å². The molecule has 0 spiro atoms. The van der Waals surface area contributed by atoms with Gasteiger partial charge in [-0.25, -0.2) is 8.42 Å². The van der Waals surface area contributed by atoms with E-state index in [2.05, 4.69) is 5.32 Å². The largest absolute Gasteiger partial charge is 0.504 e. The van der Waals surface area contributed by atoms with Crippen molar-refractivity contribution in [3.63, 3.8) is 0 Å². The molecule has 1 aromatic rings. The van der Waals surface area contributed by atoms with Crippen molar-refractivity contribution >= 4 is 15.7 Å². The standard InChI is InChI=1S/C15H19NO5S/c1-15(2)7-9-3-4-11(12(17)13(9)21-15)14(18)16-10-5-6-22(19,20)8-10/h3-4,10,17H,5-8H2,1-2H3,(H,16,18)/t10-/m0/s1. The SMILES string of the molecule is CC1(C)Cc2ccc(C(=O)N[C@H]3CCS(=O)(=O)C3)c(O)c2O1. The molecule has 120 valence electrons. The summed E-state index contributed by atoms with van der Waals surface area (Å²) in [5.41, 5.74) is 0.567. The monoisotopic (exact) mass is 325 g/mol. The Kier molecular flexibility index (Phi) is 3.36. The van der Waals surface area contributed by atoms with Crippen molar-refractivity contribution in [2.75, 3.05) is 11.5 Å². The highest BCUT2D eigenvalue weighted by atomic mass is 32.2. The number of hydrogen-bond acceptors (Lipinski definition) is 5. The summed E-state index contributed by atoms with van der Waals surface area (Å²) in [4.78, 5) is 12.3. The van der Waals surface area contributed by atoms with Crippen LogP contribution in [-0.4, -0.2) is 42.6 Å². The number of carbonyl (C=O) groups excluding carboxylic acids is 1. The number of amides is 1. The summed E-state index contributed by atoms with van der Waals surface area (Å²) in [7, 11) is -3.06. The number of nitrogens with one attached hydrogen (secondary N) is 1. The van der Waals surface area contributed by atoms with Crippen LogP contribution in [0.15, 0.2) is 12.1 Å². The average Bonchev–Trinajstić information content (AvgIpc) is 2.88. The second-order valence-electron chi connectivity index (χ2n) is 6.56. The van der Waals surface area contributed by atoms with Gasteiger partial charge < -0.3 is 15.2 Å². The Morgan fingerprint density at radius 3 is 2.77 bits per heavy atom. The van der Waals surface area contributed by atoms with E-state index in [0.29, 0.717) is 18.6 Å². The number of carbonyl (C=O) groups is 1. The number of hydrogen-bond donors (Lipinski definition) is 2. The molecule has 22 heavy (non-hydrogen) atoms. The number of rotatable bonds is 2. The van der Waals surface area contributed by atoms with Crippen molar-refractivity contribution in [2.45, 2.75) is 38.3 Å². The number of phenols is 1. The molecule has 0 unspecified atom stereocenters. The molecule has 0 radical (unpaired) electrons. The smallest absolute Gasteiger partial charge is 0.255 e. The van der Waals surface area contributed by atoms with Crippen molar-refractivity contribution in [3.05, 3.63) is 23.3 Å². The maximum absolute atomic E-state index is 12.3. The lowest BCUT2D eigenvalue weighted by Gasteiger charge is -2.17. The van der Waals surface area contributed by atoms with Crippen molar-refractivity contribution in [2.24, 2.45) is 0 Å². The number of aromatic hydroxyl groups is 1. The molecule has 2 aliphatic rings. The molecule has 3 rings (SSSR count). The molecule has 1 amide bonds. The molecular formula is C15H19NO5S. The molecule has 1 saturated heterocycles. The lowest BCUT2D eigenvalue weighted by molar-refractivity contribution is 0.0935. The molecule has 2 N–H and O–H groups in total. The van der Waals surface area contributed by atoms with Crippen LogP contribution in [0.2, 0.25) is 0 Å². The first kappa shape index (κ1) is 15.1. The normalized spacial score (nSPS) is 24.5. The van der Waals surface area contributed by atoms with Crippen molar-refractivity contribution in [1.29, 1.82) is 0 Å². The average molecular weight is 325 g/mol. The van der Waals surface area contributed by atoms with Crippen molar-refractivity contribution in [3.8, 4) is 11.5 Å². The topological polar surface area (TPSA) is 92.7 Å². The minimum atomic E-state index is -3.06. The quantitative estimate of drug-likeness (QED) is 0.847. The fourth-order valence-electron chi connectivity index (χ4n) is 2.99. The molecule has 1 aromatic carbocycles. The van der Waals surface area contributed by atoms with Crippen LogP contribution in [0, 0.1) is 0 Å². The van der Waals surface area contributed by atoms with Gasteiger partial charge in [-0.1, -0.05) is 6.07 Å². The van der Waals surface area contributed by atoms with Crippen LogP contribution >= 0.6 is 0 Å². The lowest BCUT2D eigenvalue weighted by Crippen LogP contribution is -2.35. The summed E-state index contributed by atoms with van der Waals surface area (Å²) in [6.45, 7) is 3.82. The first-order chi connectivity index (χ1) is 10.2. The maximum atomic E-state index is 12.3. The second kappa shape index (κ2) is 4.87. The van der Waals surface area contributed by atoms with Gasteiger partial charge in [0.25, 0.3) is 5.91 Å². The number of phenolic OH excluding ortho intramolecular Hbond substituents is 1. The van der Waals surface area contributed by atoms with Gasteiger partial charge in [-0.2, -0.15) is 0 Å². The highest BCUT2D eigenvalue weighted by Gasteiger charge is 2.35. The predicted octanol–water partition coefficient (Wildman–Crippen LogP) is 1.02. The molecule has 0 bridgehead atoms. The zero-order valence-electron chi connectivity index (χ0n) is 12.5. The Labute approximate surface area is 129 Å². The van der Waals surface area contributed by atoms with Crippen LogP contribution in [0.5, 0.6) is 11.5 Å². The molecule has 2 heterocycles. The number of ether oxygens (including phenoxy) is 1. The van der Waals surface area contributed by atoms with Gasteiger partial charge in [0.2, 0.25) is 0 Å². The minimum Gasteiger partial charge on any atom is -0.504 e. The Morgan fingerprint density at radius 1 is 1.41 bits per heavy atom. The number of fused-ring (bicyclic) bond motifs is 1. The number of benzene rings is 1. The fraction of sp³-hybridized carbons (Fsp3) is 0.533. The van der Waals surface area contributed by atoms with Crippen LogP contribution in [0.4, 0.5) is 0 Å². The van der Waals surface area contributed by atoms with E-state index in [0.717, 1.165) is 5.56 Å². The van der Waals surface area contributed by atoms with Crippen LogP contribution in [0.1, 0.15) is 36.2 Å². The second-order valence-corrected chi connectivity index (χ2v) is 8.79. The summed E-state index contributed by atoms with van der Waals surface area (Å²) < 4.78 is 28.6. The lowest BCUT2D eigenvalue weighted by atomic mass is 10.00. The Balaban J connectivity index is 1.80. The summed E-state index contributed by atoms with van der Waals surface area (Å²) >= 11 is 0. The zero-order valence-corrected chi connectivity index (χ0v) is 13.4. The van der Waals surface area contributed by atoms with E-state index in [4.69, 9.17) is 4.74 Å². The van der Waals surface area contributed by atoms with Crippen molar-refractivity contribution < 1.29 is 23.1 Å². The van der Waals surface area contributed by atoms with E-state index in [9.17, 15) is 18.3 Å². The summed E-state index contributed by atoms with van der Waals surface area (Å²) in [6.07, 6.45) is 1.07. The molecule has 1 fully saturated rings. The van der Waals surface area contributed by atoms with Gasteiger partial charge in [0.15, 0.2) is 21.3 Å². The van der Waals surface area contributed by atoms with Crippen LogP contribution in [0.25, 0.3) is 0 Å². The van der Waals surface area contributed by atoms with E-state index in [-0.39, 0.29) is 22.8 Å². The van der Waals surface area contributed by atoms with Gasteiger partial charge in [0.1, 0.15) is 5.60 Å². The van der Waals surface area contributed by atoms with E-state index in [1.807, 2.05) is 13.8 Å². The first-order valence-electron chi connectivity index (χ1n) is 7.22. The molecule has 1 atom stereocenters. The van der Waals surface area contributed by atoms with Gasteiger partial charge in [0, 0.05) is 18.0 Å². The van der Waals surface area contributed by atoms with Gasteiger partial charge in [0.05, 0.1) is 17.1 Å². The summed E-state index contributed by atoms with van der Waals surface area (Å²) in [6, 6.07) is 2.92. The summed E-state index contributed by atoms with van der Waals surface area (Å²) in [5.74, 6) is -0.270. The van der Waals surface area contributed by atoms with E-state index >= 15 is 0 Å². The van der Waals surface area contributed by atoms with Gasteiger partial charge in [-0.05, 0) is 26.3 Å². The van der Waals surface area contributed by atoms with Gasteiger partial charge in [-0.3, -0.25) is 4.79 Å². The third-order valence-corrected chi connectivity index (χ3v) is 5.79.